The first-order valence-electron chi connectivity index (χ1n) is 9.17. The lowest BCUT2D eigenvalue weighted by atomic mass is 10.2. The quantitative estimate of drug-likeness (QED) is 0.632. The normalized spacial score (nSPS) is 15.3. The highest BCUT2D eigenvalue weighted by molar-refractivity contribution is 7.88. The van der Waals surface area contributed by atoms with E-state index in [1.54, 1.807) is 43.3 Å². The van der Waals surface area contributed by atoms with Gasteiger partial charge >= 0.3 is 0 Å². The summed E-state index contributed by atoms with van der Waals surface area (Å²) in [6.07, 6.45) is 1.43. The predicted molar refractivity (Wildman–Crippen MR) is 105 cm³/mol. The van der Waals surface area contributed by atoms with Crippen molar-refractivity contribution in [2.24, 2.45) is 0 Å². The second-order valence-electron chi connectivity index (χ2n) is 7.02. The van der Waals surface area contributed by atoms with E-state index in [1.807, 2.05) is 6.07 Å². The zero-order valence-electron chi connectivity index (χ0n) is 16.4. The fourth-order valence-electron chi connectivity index (χ4n) is 2.96. The summed E-state index contributed by atoms with van der Waals surface area (Å²) in [4.78, 5) is 27.3. The highest BCUT2D eigenvalue weighted by Gasteiger charge is 2.30. The molecule has 0 unspecified atom stereocenters. The van der Waals surface area contributed by atoms with Gasteiger partial charge in [-0.1, -0.05) is 35.5 Å². The molecule has 0 spiro atoms. The van der Waals surface area contributed by atoms with Gasteiger partial charge in [-0.15, -0.1) is 5.10 Å². The molecule has 0 saturated carbocycles. The third-order valence-electron chi connectivity index (χ3n) is 4.66. The van der Waals surface area contributed by atoms with Crippen LogP contribution in [0.5, 0.6) is 0 Å². The molecule has 0 atom stereocenters. The van der Waals surface area contributed by atoms with Gasteiger partial charge in [0.25, 0.3) is 5.91 Å². The van der Waals surface area contributed by atoms with Crippen molar-refractivity contribution in [1.82, 2.24) is 29.1 Å². The van der Waals surface area contributed by atoms with Crippen molar-refractivity contribution in [3.05, 3.63) is 47.8 Å². The highest BCUT2D eigenvalue weighted by atomic mass is 32.2. The number of sulfonamides is 1. The Morgan fingerprint density at radius 2 is 1.72 bits per heavy atom. The second kappa shape index (κ2) is 8.70. The Hall–Kier alpha value is -2.79. The number of aromatic nitrogens is 3. The molecule has 1 aromatic carbocycles. The standard InChI is InChI=1S/C18H24N6O4S/c1-21(2)17(25)13-23-12-16(19-20-23)18(26)22-8-10-24(11-9-22)29(27,28)14-15-6-4-3-5-7-15/h3-7,12H,8-11,13-14H2,1-2H3. The van der Waals surface area contributed by atoms with Gasteiger partial charge in [-0.05, 0) is 5.56 Å². The van der Waals surface area contributed by atoms with Crippen LogP contribution < -0.4 is 0 Å². The number of hydrogen-bond donors (Lipinski definition) is 0. The van der Waals surface area contributed by atoms with Crippen LogP contribution in [0.2, 0.25) is 0 Å². The van der Waals surface area contributed by atoms with Crippen LogP contribution in [-0.4, -0.2) is 89.6 Å². The largest absolute Gasteiger partial charge is 0.347 e. The Bertz CT molecular complexity index is 965. The van der Waals surface area contributed by atoms with Gasteiger partial charge in [0, 0.05) is 40.3 Å². The summed E-state index contributed by atoms with van der Waals surface area (Å²) in [6.45, 7) is 1.01. The molecule has 2 heterocycles. The van der Waals surface area contributed by atoms with Gasteiger partial charge in [-0.25, -0.2) is 13.1 Å². The molecule has 29 heavy (non-hydrogen) atoms. The number of likely N-dealkylation sites (N-methyl/N-ethyl adjacent to an activating group) is 1. The molecule has 0 bridgehead atoms. The summed E-state index contributed by atoms with van der Waals surface area (Å²) >= 11 is 0. The molecule has 1 aromatic heterocycles. The van der Waals surface area contributed by atoms with E-state index in [4.69, 9.17) is 0 Å². The molecule has 10 nitrogen and oxygen atoms in total. The summed E-state index contributed by atoms with van der Waals surface area (Å²) < 4.78 is 28.0. The van der Waals surface area contributed by atoms with E-state index < -0.39 is 10.0 Å². The maximum absolute atomic E-state index is 12.6. The van der Waals surface area contributed by atoms with Crippen LogP contribution in [-0.2, 0) is 27.1 Å². The Balaban J connectivity index is 1.57. The van der Waals surface area contributed by atoms with Crippen molar-refractivity contribution in [2.75, 3.05) is 40.3 Å². The first kappa shape index (κ1) is 20.9. The number of piperazine rings is 1. The number of nitrogens with zero attached hydrogens (tertiary/aromatic N) is 6. The molecular formula is C18H24N6O4S. The topological polar surface area (TPSA) is 109 Å². The predicted octanol–water partition coefficient (Wildman–Crippen LogP) is -0.346. The van der Waals surface area contributed by atoms with Crippen LogP contribution in [0, 0.1) is 0 Å². The summed E-state index contributed by atoms with van der Waals surface area (Å²) in [6, 6.07) is 9.01. The van der Waals surface area contributed by atoms with Crippen LogP contribution in [0.3, 0.4) is 0 Å². The third kappa shape index (κ3) is 5.18. The highest BCUT2D eigenvalue weighted by Crippen LogP contribution is 2.14. The Kier molecular flexibility index (Phi) is 6.28. The van der Waals surface area contributed by atoms with Crippen molar-refractivity contribution >= 4 is 21.8 Å². The second-order valence-corrected chi connectivity index (χ2v) is 8.99. The molecule has 156 valence electrons. The van der Waals surface area contributed by atoms with E-state index in [0.717, 1.165) is 5.56 Å². The molecule has 1 saturated heterocycles. The summed E-state index contributed by atoms with van der Waals surface area (Å²) in [5.74, 6) is -0.546. The minimum absolute atomic E-state index is 0.00120. The number of carbonyl (C=O) groups is 2. The summed E-state index contributed by atoms with van der Waals surface area (Å²) in [5, 5.41) is 7.67. The molecule has 2 amide bonds. The lowest BCUT2D eigenvalue weighted by Gasteiger charge is -2.33. The van der Waals surface area contributed by atoms with Gasteiger partial charge in [0.05, 0.1) is 11.9 Å². The van der Waals surface area contributed by atoms with Crippen LogP contribution in [0.1, 0.15) is 16.1 Å². The van der Waals surface area contributed by atoms with E-state index >= 15 is 0 Å². The molecule has 0 N–H and O–H groups in total. The number of amides is 2. The van der Waals surface area contributed by atoms with Crippen LogP contribution in [0.25, 0.3) is 0 Å². The van der Waals surface area contributed by atoms with Crippen molar-refractivity contribution in [2.45, 2.75) is 12.3 Å². The Labute approximate surface area is 169 Å². The van der Waals surface area contributed by atoms with Gasteiger partial charge in [0.1, 0.15) is 6.54 Å². The van der Waals surface area contributed by atoms with Crippen LogP contribution >= 0.6 is 0 Å². The molecule has 3 rings (SSSR count). The fourth-order valence-corrected chi connectivity index (χ4v) is 4.48. The van der Waals surface area contributed by atoms with Gasteiger partial charge in [-0.3, -0.25) is 9.59 Å². The minimum atomic E-state index is -3.45. The van der Waals surface area contributed by atoms with Crippen molar-refractivity contribution in [3.63, 3.8) is 0 Å². The molecule has 2 aromatic rings. The first-order chi connectivity index (χ1) is 13.8. The summed E-state index contributed by atoms with van der Waals surface area (Å²) in [7, 11) is -0.175. The smallest absolute Gasteiger partial charge is 0.276 e. The SMILES string of the molecule is CN(C)C(=O)Cn1cc(C(=O)N2CCN(S(=O)(=O)Cc3ccccc3)CC2)nn1. The van der Waals surface area contributed by atoms with E-state index in [-0.39, 0.29) is 56.0 Å². The molecule has 1 fully saturated rings. The van der Waals surface area contributed by atoms with Crippen molar-refractivity contribution in [1.29, 1.82) is 0 Å². The van der Waals surface area contributed by atoms with E-state index in [0.29, 0.717) is 0 Å². The van der Waals surface area contributed by atoms with E-state index in [2.05, 4.69) is 10.3 Å². The van der Waals surface area contributed by atoms with Crippen LogP contribution in [0.15, 0.2) is 36.5 Å². The van der Waals surface area contributed by atoms with Gasteiger partial charge in [0.15, 0.2) is 5.69 Å². The molecule has 11 heteroatoms. The summed E-state index contributed by atoms with van der Waals surface area (Å²) in [5.41, 5.74) is 0.868. The lowest BCUT2D eigenvalue weighted by Crippen LogP contribution is -2.50. The first-order valence-corrected chi connectivity index (χ1v) is 10.8. The maximum Gasteiger partial charge on any atom is 0.276 e. The molecular weight excluding hydrogens is 396 g/mol. The monoisotopic (exact) mass is 420 g/mol. The zero-order valence-corrected chi connectivity index (χ0v) is 17.2. The molecule has 1 aliphatic heterocycles. The lowest BCUT2D eigenvalue weighted by molar-refractivity contribution is -0.129. The van der Waals surface area contributed by atoms with Crippen molar-refractivity contribution < 1.29 is 18.0 Å². The Morgan fingerprint density at radius 1 is 1.07 bits per heavy atom. The molecule has 0 radical (unpaired) electrons. The minimum Gasteiger partial charge on any atom is -0.347 e. The van der Waals surface area contributed by atoms with Gasteiger partial charge in [0.2, 0.25) is 15.9 Å². The van der Waals surface area contributed by atoms with Gasteiger partial charge in [-0.2, -0.15) is 4.31 Å². The number of rotatable bonds is 6. The number of hydrogen-bond acceptors (Lipinski definition) is 6. The maximum atomic E-state index is 12.6. The van der Waals surface area contributed by atoms with Crippen molar-refractivity contribution in [3.8, 4) is 0 Å². The van der Waals surface area contributed by atoms with Crippen LogP contribution in [0.4, 0.5) is 0 Å². The number of carbonyl (C=O) groups excluding carboxylic acids is 2. The Morgan fingerprint density at radius 3 is 2.34 bits per heavy atom. The fraction of sp³-hybridized carbons (Fsp3) is 0.444. The van der Waals surface area contributed by atoms with E-state index in [1.165, 1.54) is 20.1 Å². The molecule has 1 aliphatic rings. The third-order valence-corrected chi connectivity index (χ3v) is 6.52. The van der Waals surface area contributed by atoms with Gasteiger partial charge < -0.3 is 9.80 Å². The number of benzene rings is 1. The molecule has 0 aliphatic carbocycles. The zero-order chi connectivity index (χ0) is 21.0. The average molecular weight is 420 g/mol. The average Bonchev–Trinajstić information content (AvgIpc) is 3.16. The van der Waals surface area contributed by atoms with E-state index in [9.17, 15) is 18.0 Å².